The summed E-state index contributed by atoms with van der Waals surface area (Å²) < 4.78 is 0. The lowest BCUT2D eigenvalue weighted by atomic mass is 10.0. The number of hydrogen-bond donors (Lipinski definition) is 1. The number of rotatable bonds is 6. The van der Waals surface area contributed by atoms with Crippen LogP contribution >= 0.6 is 0 Å². The van der Waals surface area contributed by atoms with Crippen molar-refractivity contribution in [1.29, 1.82) is 0 Å². The smallest absolute Gasteiger partial charge is 0.262 e. The van der Waals surface area contributed by atoms with Crippen molar-refractivity contribution in [3.63, 3.8) is 0 Å². The van der Waals surface area contributed by atoms with Crippen molar-refractivity contribution < 1.29 is 4.79 Å². The molecule has 1 N–H and O–H groups in total. The van der Waals surface area contributed by atoms with Gasteiger partial charge in [0.05, 0.1) is 5.56 Å². The van der Waals surface area contributed by atoms with Crippen LogP contribution in [0.4, 0.5) is 17.1 Å². The lowest BCUT2D eigenvalue weighted by Crippen LogP contribution is -2.43. The number of carbonyl (C=O) groups is 1. The van der Waals surface area contributed by atoms with Gasteiger partial charge in [0.2, 0.25) is 0 Å². The highest BCUT2D eigenvalue weighted by Crippen LogP contribution is 2.37. The SMILES string of the molecule is CCCCc1ccc(N2C(=O)c3ccccc3NC2c2ccc(N(C)C)cc2)cc1. The highest BCUT2D eigenvalue weighted by molar-refractivity contribution is 6.12. The number of hydrogen-bond acceptors (Lipinski definition) is 3. The van der Waals surface area contributed by atoms with Crippen molar-refractivity contribution >= 4 is 23.0 Å². The van der Waals surface area contributed by atoms with Crippen LogP contribution in [0.5, 0.6) is 0 Å². The van der Waals surface area contributed by atoms with E-state index in [0.29, 0.717) is 5.56 Å². The summed E-state index contributed by atoms with van der Waals surface area (Å²) in [4.78, 5) is 17.5. The van der Waals surface area contributed by atoms with Crippen LogP contribution in [0.25, 0.3) is 0 Å². The van der Waals surface area contributed by atoms with Crippen molar-refractivity contribution in [2.75, 3.05) is 29.2 Å². The van der Waals surface area contributed by atoms with Gasteiger partial charge in [0.1, 0.15) is 6.17 Å². The molecular formula is C26H29N3O. The van der Waals surface area contributed by atoms with E-state index in [-0.39, 0.29) is 12.1 Å². The maximum absolute atomic E-state index is 13.5. The lowest BCUT2D eigenvalue weighted by molar-refractivity contribution is 0.0975. The van der Waals surface area contributed by atoms with Gasteiger partial charge in [-0.05, 0) is 60.4 Å². The molecule has 0 aromatic heterocycles. The van der Waals surface area contributed by atoms with Crippen LogP contribution in [0.3, 0.4) is 0 Å². The molecule has 0 saturated carbocycles. The molecule has 0 spiro atoms. The van der Waals surface area contributed by atoms with E-state index < -0.39 is 0 Å². The van der Waals surface area contributed by atoms with E-state index in [1.165, 1.54) is 18.4 Å². The fourth-order valence-corrected chi connectivity index (χ4v) is 3.91. The Labute approximate surface area is 179 Å². The molecule has 154 valence electrons. The van der Waals surface area contributed by atoms with Crippen LogP contribution in [-0.4, -0.2) is 20.0 Å². The minimum Gasteiger partial charge on any atom is -0.378 e. The number of amides is 1. The number of para-hydroxylation sites is 1. The van der Waals surface area contributed by atoms with Crippen molar-refractivity contribution in [1.82, 2.24) is 0 Å². The third-order valence-corrected chi connectivity index (χ3v) is 5.69. The third-order valence-electron chi connectivity index (χ3n) is 5.69. The number of fused-ring (bicyclic) bond motifs is 1. The predicted octanol–water partition coefficient (Wildman–Crippen LogP) is 5.87. The van der Waals surface area contributed by atoms with Gasteiger partial charge in [0, 0.05) is 31.2 Å². The van der Waals surface area contributed by atoms with Gasteiger partial charge >= 0.3 is 0 Å². The molecule has 3 aromatic carbocycles. The van der Waals surface area contributed by atoms with E-state index in [1.54, 1.807) is 0 Å². The van der Waals surface area contributed by atoms with Crippen LogP contribution in [0.2, 0.25) is 0 Å². The molecule has 3 aromatic rings. The Balaban J connectivity index is 1.73. The second-order valence-corrected chi connectivity index (χ2v) is 8.02. The minimum absolute atomic E-state index is 0.0207. The molecule has 30 heavy (non-hydrogen) atoms. The van der Waals surface area contributed by atoms with Crippen LogP contribution < -0.4 is 15.1 Å². The zero-order chi connectivity index (χ0) is 21.1. The van der Waals surface area contributed by atoms with Crippen LogP contribution in [0.1, 0.15) is 47.4 Å². The molecular weight excluding hydrogens is 370 g/mol. The predicted molar refractivity (Wildman–Crippen MR) is 125 cm³/mol. The third kappa shape index (κ3) is 3.90. The quantitative estimate of drug-likeness (QED) is 0.563. The van der Waals surface area contributed by atoms with Gasteiger partial charge < -0.3 is 10.2 Å². The molecule has 1 aliphatic heterocycles. The first-order valence-electron chi connectivity index (χ1n) is 10.6. The van der Waals surface area contributed by atoms with E-state index in [2.05, 4.69) is 65.7 Å². The molecule has 1 aliphatic rings. The Hall–Kier alpha value is -3.27. The number of nitrogens with zero attached hydrogens (tertiary/aromatic N) is 2. The van der Waals surface area contributed by atoms with Crippen molar-refractivity contribution in [3.8, 4) is 0 Å². The highest BCUT2D eigenvalue weighted by Gasteiger charge is 2.33. The van der Waals surface area contributed by atoms with Gasteiger partial charge in [-0.25, -0.2) is 0 Å². The molecule has 1 atom stereocenters. The maximum Gasteiger partial charge on any atom is 0.262 e. The summed E-state index contributed by atoms with van der Waals surface area (Å²) in [7, 11) is 4.06. The molecule has 1 amide bonds. The number of aryl methyl sites for hydroxylation is 1. The van der Waals surface area contributed by atoms with Gasteiger partial charge in [0.15, 0.2) is 0 Å². The van der Waals surface area contributed by atoms with Gasteiger partial charge in [0.25, 0.3) is 5.91 Å². The number of carbonyl (C=O) groups excluding carboxylic acids is 1. The van der Waals surface area contributed by atoms with Gasteiger partial charge in [-0.2, -0.15) is 0 Å². The largest absolute Gasteiger partial charge is 0.378 e. The summed E-state index contributed by atoms with van der Waals surface area (Å²) in [5.41, 5.74) is 5.98. The average molecular weight is 400 g/mol. The number of unbranched alkanes of at least 4 members (excludes halogenated alkanes) is 1. The molecule has 0 bridgehead atoms. The second kappa shape index (κ2) is 8.62. The van der Waals surface area contributed by atoms with E-state index in [9.17, 15) is 4.79 Å². The first-order valence-corrected chi connectivity index (χ1v) is 10.6. The average Bonchev–Trinajstić information content (AvgIpc) is 2.78. The Morgan fingerprint density at radius 2 is 1.63 bits per heavy atom. The Morgan fingerprint density at radius 1 is 0.933 bits per heavy atom. The first kappa shape index (κ1) is 20.0. The van der Waals surface area contributed by atoms with E-state index in [0.717, 1.165) is 29.0 Å². The molecule has 4 rings (SSSR count). The first-order chi connectivity index (χ1) is 14.6. The van der Waals surface area contributed by atoms with E-state index in [1.807, 2.05) is 43.3 Å². The van der Waals surface area contributed by atoms with Crippen molar-refractivity contribution in [2.24, 2.45) is 0 Å². The summed E-state index contributed by atoms with van der Waals surface area (Å²) in [6.07, 6.45) is 3.17. The Bertz CT molecular complexity index is 1010. The molecule has 1 unspecified atom stereocenters. The molecule has 1 heterocycles. The fraction of sp³-hybridized carbons (Fsp3) is 0.269. The van der Waals surface area contributed by atoms with Gasteiger partial charge in [-0.15, -0.1) is 0 Å². The fourth-order valence-electron chi connectivity index (χ4n) is 3.91. The molecule has 0 aliphatic carbocycles. The summed E-state index contributed by atoms with van der Waals surface area (Å²) >= 11 is 0. The summed E-state index contributed by atoms with van der Waals surface area (Å²) in [5, 5.41) is 3.58. The van der Waals surface area contributed by atoms with Gasteiger partial charge in [-0.3, -0.25) is 9.69 Å². The highest BCUT2D eigenvalue weighted by atomic mass is 16.2. The van der Waals surface area contributed by atoms with Crippen molar-refractivity contribution in [2.45, 2.75) is 32.4 Å². The van der Waals surface area contributed by atoms with Crippen LogP contribution in [0.15, 0.2) is 72.8 Å². The lowest BCUT2D eigenvalue weighted by Gasteiger charge is -2.38. The molecule has 0 fully saturated rings. The van der Waals surface area contributed by atoms with Crippen molar-refractivity contribution in [3.05, 3.63) is 89.5 Å². The minimum atomic E-state index is -0.259. The summed E-state index contributed by atoms with van der Waals surface area (Å²) in [5.74, 6) is 0.0207. The normalized spacial score (nSPS) is 15.5. The number of anilines is 3. The van der Waals surface area contributed by atoms with E-state index >= 15 is 0 Å². The summed E-state index contributed by atoms with van der Waals surface area (Å²) in [6, 6.07) is 24.5. The molecule has 0 saturated heterocycles. The maximum atomic E-state index is 13.5. The van der Waals surface area contributed by atoms with Crippen LogP contribution in [0, 0.1) is 0 Å². The second-order valence-electron chi connectivity index (χ2n) is 8.02. The van der Waals surface area contributed by atoms with Crippen LogP contribution in [-0.2, 0) is 6.42 Å². The monoisotopic (exact) mass is 399 g/mol. The summed E-state index contributed by atoms with van der Waals surface area (Å²) in [6.45, 7) is 2.20. The van der Waals surface area contributed by atoms with Gasteiger partial charge in [-0.1, -0.05) is 49.7 Å². The van der Waals surface area contributed by atoms with E-state index in [4.69, 9.17) is 0 Å². The Kier molecular flexibility index (Phi) is 5.75. The molecule has 4 nitrogen and oxygen atoms in total. The molecule has 4 heteroatoms. The zero-order valence-electron chi connectivity index (χ0n) is 17.9. The standard InChI is InChI=1S/C26H29N3O/c1-4-5-8-19-11-15-22(16-12-19)29-25(20-13-17-21(18-14-20)28(2)3)27-24-10-7-6-9-23(24)26(29)30/h6-7,9-18,25,27H,4-5,8H2,1-3H3. The topological polar surface area (TPSA) is 35.6 Å². The zero-order valence-corrected chi connectivity index (χ0v) is 17.9. The number of benzene rings is 3. The molecule has 0 radical (unpaired) electrons. The Morgan fingerprint density at radius 3 is 2.30 bits per heavy atom. The number of nitrogens with one attached hydrogen (secondary N) is 1.